The van der Waals surface area contributed by atoms with Gasteiger partial charge in [-0.2, -0.15) is 0 Å². The Morgan fingerprint density at radius 2 is 1.79 bits per heavy atom. The van der Waals surface area contributed by atoms with Crippen LogP contribution in [0.5, 0.6) is 0 Å². The summed E-state index contributed by atoms with van der Waals surface area (Å²) in [5.41, 5.74) is 4.06. The van der Waals surface area contributed by atoms with Gasteiger partial charge in [-0.05, 0) is 17.7 Å². The molecule has 1 heterocycles. The number of aromatic nitrogens is 1. The maximum absolute atomic E-state index is 10.4. The third-order valence-corrected chi connectivity index (χ3v) is 4.57. The van der Waals surface area contributed by atoms with Crippen molar-refractivity contribution in [1.82, 2.24) is 4.98 Å². The van der Waals surface area contributed by atoms with Gasteiger partial charge in [0.05, 0.1) is 10.2 Å². The van der Waals surface area contributed by atoms with Crippen LogP contribution < -0.4 is 0 Å². The van der Waals surface area contributed by atoms with E-state index in [9.17, 15) is 5.11 Å². The third kappa shape index (κ3) is 1.59. The first kappa shape index (κ1) is 10.8. The van der Waals surface area contributed by atoms with Crippen molar-refractivity contribution in [1.29, 1.82) is 0 Å². The highest BCUT2D eigenvalue weighted by atomic mass is 32.1. The molecule has 0 aliphatic heterocycles. The van der Waals surface area contributed by atoms with E-state index >= 15 is 0 Å². The molecule has 0 atom stereocenters. The molecular formula is C16H11NOS. The molecule has 0 bridgehead atoms. The molecule has 0 amide bonds. The molecule has 19 heavy (non-hydrogen) atoms. The highest BCUT2D eigenvalue weighted by molar-refractivity contribution is 7.19. The molecule has 92 valence electrons. The van der Waals surface area contributed by atoms with Gasteiger partial charge in [0.25, 0.3) is 0 Å². The van der Waals surface area contributed by atoms with Crippen LogP contribution in [0.2, 0.25) is 0 Å². The van der Waals surface area contributed by atoms with Crippen molar-refractivity contribution in [2.45, 2.75) is 6.42 Å². The van der Waals surface area contributed by atoms with Crippen molar-refractivity contribution in [3.63, 3.8) is 0 Å². The van der Waals surface area contributed by atoms with Crippen LogP contribution in [-0.2, 0) is 6.42 Å². The molecule has 3 heteroatoms. The summed E-state index contributed by atoms with van der Waals surface area (Å²) in [4.78, 5) is 4.63. The maximum atomic E-state index is 10.4. The predicted molar refractivity (Wildman–Crippen MR) is 79.2 cm³/mol. The van der Waals surface area contributed by atoms with Crippen molar-refractivity contribution in [2.24, 2.45) is 0 Å². The number of allylic oxidation sites excluding steroid dienone is 1. The molecule has 4 rings (SSSR count). The van der Waals surface area contributed by atoms with Gasteiger partial charge < -0.3 is 5.11 Å². The third-order valence-electron chi connectivity index (χ3n) is 3.48. The number of aliphatic hydroxyl groups is 1. The first-order valence-corrected chi connectivity index (χ1v) is 7.01. The topological polar surface area (TPSA) is 33.1 Å². The number of hydrogen-bond donors (Lipinski definition) is 1. The molecule has 1 aromatic heterocycles. The summed E-state index contributed by atoms with van der Waals surface area (Å²) in [7, 11) is 0. The number of rotatable bonds is 1. The minimum absolute atomic E-state index is 0.384. The van der Waals surface area contributed by atoms with Gasteiger partial charge in [-0.1, -0.05) is 36.4 Å². The molecule has 1 N–H and O–H groups in total. The summed E-state index contributed by atoms with van der Waals surface area (Å²) in [6.07, 6.45) is 0.766. The van der Waals surface area contributed by atoms with E-state index in [0.717, 1.165) is 32.8 Å². The second kappa shape index (κ2) is 3.93. The van der Waals surface area contributed by atoms with Gasteiger partial charge in [0.2, 0.25) is 0 Å². The molecule has 0 radical (unpaired) electrons. The number of para-hydroxylation sites is 1. The molecule has 0 saturated heterocycles. The number of aliphatic hydroxyl groups excluding tert-OH is 1. The van der Waals surface area contributed by atoms with Crippen LogP contribution in [0.1, 0.15) is 16.1 Å². The van der Waals surface area contributed by atoms with Gasteiger partial charge in [0.15, 0.2) is 0 Å². The predicted octanol–water partition coefficient (Wildman–Crippen LogP) is 4.28. The van der Waals surface area contributed by atoms with Gasteiger partial charge >= 0.3 is 0 Å². The number of thiazole rings is 1. The van der Waals surface area contributed by atoms with Crippen molar-refractivity contribution >= 4 is 32.9 Å². The van der Waals surface area contributed by atoms with Gasteiger partial charge in [-0.3, -0.25) is 0 Å². The Balaban J connectivity index is 1.88. The Morgan fingerprint density at radius 3 is 2.63 bits per heavy atom. The lowest BCUT2D eigenvalue weighted by Gasteiger charge is -1.97. The number of benzene rings is 2. The van der Waals surface area contributed by atoms with E-state index in [0.29, 0.717) is 5.76 Å². The van der Waals surface area contributed by atoms with Crippen LogP contribution >= 0.6 is 11.3 Å². The minimum Gasteiger partial charge on any atom is -0.507 e. The van der Waals surface area contributed by atoms with Gasteiger partial charge in [-0.15, -0.1) is 11.3 Å². The molecule has 1 aliphatic rings. The molecular weight excluding hydrogens is 254 g/mol. The van der Waals surface area contributed by atoms with Crippen molar-refractivity contribution in [2.75, 3.05) is 0 Å². The van der Waals surface area contributed by atoms with Crippen molar-refractivity contribution in [3.8, 4) is 0 Å². The summed E-state index contributed by atoms with van der Waals surface area (Å²) in [6.45, 7) is 0. The minimum atomic E-state index is 0.384. The van der Waals surface area contributed by atoms with Gasteiger partial charge in [0, 0.05) is 17.6 Å². The summed E-state index contributed by atoms with van der Waals surface area (Å²) in [5, 5.41) is 11.3. The second-order valence-corrected chi connectivity index (χ2v) is 5.68. The van der Waals surface area contributed by atoms with E-state index in [1.54, 1.807) is 11.3 Å². The summed E-state index contributed by atoms with van der Waals surface area (Å²) < 4.78 is 1.16. The monoisotopic (exact) mass is 265 g/mol. The van der Waals surface area contributed by atoms with E-state index in [1.165, 1.54) is 5.56 Å². The Kier molecular flexibility index (Phi) is 2.23. The lowest BCUT2D eigenvalue weighted by molar-refractivity contribution is 0.515. The van der Waals surface area contributed by atoms with Gasteiger partial charge in [-0.25, -0.2) is 4.98 Å². The van der Waals surface area contributed by atoms with Crippen LogP contribution in [0.15, 0.2) is 48.5 Å². The summed E-state index contributed by atoms with van der Waals surface area (Å²) >= 11 is 1.64. The van der Waals surface area contributed by atoms with Crippen molar-refractivity contribution in [3.05, 3.63) is 64.7 Å². The zero-order chi connectivity index (χ0) is 12.8. The van der Waals surface area contributed by atoms with E-state index < -0.39 is 0 Å². The average Bonchev–Trinajstić information content (AvgIpc) is 3.00. The Bertz CT molecular complexity index is 783. The largest absolute Gasteiger partial charge is 0.507 e. The lowest BCUT2D eigenvalue weighted by atomic mass is 10.1. The maximum Gasteiger partial charge on any atom is 0.129 e. The first-order chi connectivity index (χ1) is 9.33. The average molecular weight is 265 g/mol. The van der Waals surface area contributed by atoms with E-state index in [-0.39, 0.29) is 0 Å². The van der Waals surface area contributed by atoms with Crippen LogP contribution in [0.3, 0.4) is 0 Å². The highest BCUT2D eigenvalue weighted by Gasteiger charge is 2.23. The fourth-order valence-corrected chi connectivity index (χ4v) is 3.53. The number of fused-ring (bicyclic) bond motifs is 2. The van der Waals surface area contributed by atoms with E-state index in [2.05, 4.69) is 17.1 Å². The molecule has 0 unspecified atom stereocenters. The van der Waals surface area contributed by atoms with Crippen LogP contribution in [-0.4, -0.2) is 10.1 Å². The Morgan fingerprint density at radius 1 is 1.00 bits per heavy atom. The molecule has 0 saturated carbocycles. The van der Waals surface area contributed by atoms with Crippen LogP contribution in [0, 0.1) is 0 Å². The van der Waals surface area contributed by atoms with E-state index in [1.807, 2.05) is 36.4 Å². The molecule has 0 spiro atoms. The highest BCUT2D eigenvalue weighted by Crippen LogP contribution is 2.39. The zero-order valence-corrected chi connectivity index (χ0v) is 10.9. The molecule has 2 nitrogen and oxygen atoms in total. The fourth-order valence-electron chi connectivity index (χ4n) is 2.52. The van der Waals surface area contributed by atoms with E-state index in [4.69, 9.17) is 0 Å². The molecule has 3 aromatic rings. The van der Waals surface area contributed by atoms with Crippen LogP contribution in [0.4, 0.5) is 0 Å². The zero-order valence-electron chi connectivity index (χ0n) is 10.1. The first-order valence-electron chi connectivity index (χ1n) is 6.19. The molecule has 2 aromatic carbocycles. The summed E-state index contributed by atoms with van der Waals surface area (Å²) in [6, 6.07) is 16.1. The Labute approximate surface area is 114 Å². The second-order valence-electron chi connectivity index (χ2n) is 4.65. The van der Waals surface area contributed by atoms with Gasteiger partial charge in [0.1, 0.15) is 10.8 Å². The van der Waals surface area contributed by atoms with Crippen molar-refractivity contribution < 1.29 is 5.11 Å². The Hall–Kier alpha value is -2.13. The molecule has 1 aliphatic carbocycles. The summed E-state index contributed by atoms with van der Waals surface area (Å²) in [5.74, 6) is 0.384. The quantitative estimate of drug-likeness (QED) is 0.712. The standard InChI is InChI=1S/C16H11NOS/c18-15-11-6-2-1-5-10(11)9-12(15)16-17-13-7-3-4-8-14(13)19-16/h1-8,18H,9H2. The molecule has 0 fully saturated rings. The lowest BCUT2D eigenvalue weighted by Crippen LogP contribution is -1.84. The smallest absolute Gasteiger partial charge is 0.129 e. The normalized spacial score (nSPS) is 14.1. The SMILES string of the molecule is OC1=C(c2nc3ccccc3s2)Cc2ccccc21. The number of hydrogen-bond acceptors (Lipinski definition) is 3. The van der Waals surface area contributed by atoms with Crippen LogP contribution in [0.25, 0.3) is 21.5 Å². The number of nitrogens with zero attached hydrogens (tertiary/aromatic N) is 1. The fraction of sp³-hybridized carbons (Fsp3) is 0.0625.